The van der Waals surface area contributed by atoms with Gasteiger partial charge in [0.15, 0.2) is 0 Å². The van der Waals surface area contributed by atoms with Crippen LogP contribution in [0.4, 0.5) is 4.39 Å². The number of benzene rings is 1. The molecular formula is C14H19FN2O3S. The van der Waals surface area contributed by atoms with Crippen LogP contribution in [0.1, 0.15) is 18.9 Å². The molecule has 1 aliphatic heterocycles. The first-order valence-electron chi connectivity index (χ1n) is 6.86. The van der Waals surface area contributed by atoms with Gasteiger partial charge >= 0.3 is 0 Å². The Morgan fingerprint density at radius 1 is 1.14 bits per heavy atom. The molecule has 21 heavy (non-hydrogen) atoms. The molecule has 0 aromatic heterocycles. The highest BCUT2D eigenvalue weighted by molar-refractivity contribution is 7.88. The van der Waals surface area contributed by atoms with Crippen molar-refractivity contribution in [2.24, 2.45) is 0 Å². The van der Waals surface area contributed by atoms with Gasteiger partial charge in [0.1, 0.15) is 5.82 Å². The Kier molecular flexibility index (Phi) is 4.95. The summed E-state index contributed by atoms with van der Waals surface area (Å²) in [6, 6.07) is 5.47. The molecule has 0 atom stereocenters. The molecule has 0 radical (unpaired) electrons. The van der Waals surface area contributed by atoms with Gasteiger partial charge in [-0.1, -0.05) is 12.1 Å². The van der Waals surface area contributed by atoms with Crippen molar-refractivity contribution < 1.29 is 17.6 Å². The number of rotatable bonds is 3. The number of nitrogens with zero attached hydrogens (tertiary/aromatic N) is 2. The number of carbonyl (C=O) groups excluding carboxylic acids is 1. The lowest BCUT2D eigenvalue weighted by molar-refractivity contribution is -0.128. The van der Waals surface area contributed by atoms with Crippen molar-refractivity contribution >= 4 is 15.9 Å². The molecule has 1 aliphatic rings. The van der Waals surface area contributed by atoms with E-state index >= 15 is 0 Å². The third-order valence-corrected chi connectivity index (χ3v) is 5.41. The van der Waals surface area contributed by atoms with Crippen molar-refractivity contribution in [3.05, 3.63) is 35.6 Å². The van der Waals surface area contributed by atoms with Crippen molar-refractivity contribution in [3.63, 3.8) is 0 Å². The van der Waals surface area contributed by atoms with Gasteiger partial charge in [-0.2, -0.15) is 4.31 Å². The van der Waals surface area contributed by atoms with Gasteiger partial charge in [-0.3, -0.25) is 4.79 Å². The number of sulfonamides is 1. The van der Waals surface area contributed by atoms with E-state index in [1.165, 1.54) is 35.5 Å². The van der Waals surface area contributed by atoms with Crippen LogP contribution in [0.15, 0.2) is 24.3 Å². The van der Waals surface area contributed by atoms with E-state index in [0.717, 1.165) is 0 Å². The molecule has 0 bridgehead atoms. The number of hydrogen-bond donors (Lipinski definition) is 0. The zero-order valence-corrected chi connectivity index (χ0v) is 12.8. The van der Waals surface area contributed by atoms with Crippen LogP contribution in [-0.2, 0) is 20.6 Å². The van der Waals surface area contributed by atoms with E-state index in [9.17, 15) is 17.6 Å². The van der Waals surface area contributed by atoms with Gasteiger partial charge in [0, 0.05) is 33.1 Å². The minimum atomic E-state index is -3.45. The van der Waals surface area contributed by atoms with E-state index in [2.05, 4.69) is 0 Å². The maximum absolute atomic E-state index is 12.8. The Bertz CT molecular complexity index is 601. The minimum absolute atomic E-state index is 0.0345. The Balaban J connectivity index is 2.05. The maximum Gasteiger partial charge on any atom is 0.219 e. The Hall–Kier alpha value is -1.47. The quantitative estimate of drug-likeness (QED) is 0.842. The summed E-state index contributed by atoms with van der Waals surface area (Å²) < 4.78 is 39.1. The van der Waals surface area contributed by atoms with Crippen molar-refractivity contribution in [2.75, 3.05) is 26.2 Å². The van der Waals surface area contributed by atoms with Crippen molar-refractivity contribution in [1.82, 2.24) is 9.21 Å². The Morgan fingerprint density at radius 3 is 2.43 bits per heavy atom. The average Bonchev–Trinajstić information content (AvgIpc) is 2.67. The zero-order chi connectivity index (χ0) is 15.5. The second kappa shape index (κ2) is 6.53. The molecular weight excluding hydrogens is 295 g/mol. The lowest BCUT2D eigenvalue weighted by Gasteiger charge is -2.21. The van der Waals surface area contributed by atoms with Gasteiger partial charge in [0.25, 0.3) is 0 Å². The summed E-state index contributed by atoms with van der Waals surface area (Å²) in [7, 11) is -3.45. The van der Waals surface area contributed by atoms with Gasteiger partial charge in [-0.15, -0.1) is 0 Å². The summed E-state index contributed by atoms with van der Waals surface area (Å²) in [5.41, 5.74) is 0.559. The average molecular weight is 314 g/mol. The van der Waals surface area contributed by atoms with Crippen LogP contribution in [0.2, 0.25) is 0 Å². The van der Waals surface area contributed by atoms with Crippen molar-refractivity contribution in [2.45, 2.75) is 19.1 Å². The Morgan fingerprint density at radius 2 is 1.81 bits per heavy atom. The molecule has 1 aromatic rings. The lowest BCUT2D eigenvalue weighted by atomic mass is 10.2. The second-order valence-electron chi connectivity index (χ2n) is 5.14. The number of hydrogen-bond acceptors (Lipinski definition) is 3. The smallest absolute Gasteiger partial charge is 0.219 e. The first kappa shape index (κ1) is 15.9. The van der Waals surface area contributed by atoms with E-state index in [4.69, 9.17) is 0 Å². The molecule has 0 unspecified atom stereocenters. The van der Waals surface area contributed by atoms with E-state index in [1.54, 1.807) is 4.90 Å². The Labute approximate surface area is 124 Å². The van der Waals surface area contributed by atoms with Crippen LogP contribution in [-0.4, -0.2) is 49.7 Å². The first-order chi connectivity index (χ1) is 9.88. The molecule has 1 aromatic carbocycles. The predicted octanol–water partition coefficient (Wildman–Crippen LogP) is 1.21. The molecule has 5 nitrogen and oxygen atoms in total. The molecule has 0 aliphatic carbocycles. The van der Waals surface area contributed by atoms with Gasteiger partial charge < -0.3 is 4.90 Å². The molecule has 0 N–H and O–H groups in total. The van der Waals surface area contributed by atoms with Gasteiger partial charge in [-0.05, 0) is 24.1 Å². The summed E-state index contributed by atoms with van der Waals surface area (Å²) in [5, 5.41) is 0. The molecule has 1 fully saturated rings. The third kappa shape index (κ3) is 4.25. The number of carbonyl (C=O) groups is 1. The van der Waals surface area contributed by atoms with Crippen LogP contribution < -0.4 is 0 Å². The second-order valence-corrected chi connectivity index (χ2v) is 7.11. The fourth-order valence-electron chi connectivity index (χ4n) is 2.37. The number of amides is 1. The zero-order valence-electron chi connectivity index (χ0n) is 12.0. The van der Waals surface area contributed by atoms with Crippen LogP contribution >= 0.6 is 0 Å². The van der Waals surface area contributed by atoms with E-state index < -0.39 is 10.0 Å². The fraction of sp³-hybridized carbons (Fsp3) is 0.500. The summed E-state index contributed by atoms with van der Waals surface area (Å²) >= 11 is 0. The van der Waals surface area contributed by atoms with Crippen LogP contribution in [0, 0.1) is 5.82 Å². The topological polar surface area (TPSA) is 57.7 Å². The highest BCUT2D eigenvalue weighted by atomic mass is 32.2. The normalized spacial score (nSPS) is 17.5. The molecule has 116 valence electrons. The summed E-state index contributed by atoms with van der Waals surface area (Å²) in [6.45, 7) is 3.20. The van der Waals surface area contributed by atoms with E-state index in [0.29, 0.717) is 38.2 Å². The molecule has 0 saturated carbocycles. The van der Waals surface area contributed by atoms with Gasteiger partial charge in [0.05, 0.1) is 5.75 Å². The van der Waals surface area contributed by atoms with Crippen LogP contribution in [0.3, 0.4) is 0 Å². The van der Waals surface area contributed by atoms with Gasteiger partial charge in [-0.25, -0.2) is 12.8 Å². The number of halogens is 1. The monoisotopic (exact) mass is 314 g/mol. The van der Waals surface area contributed by atoms with E-state index in [1.807, 2.05) is 0 Å². The molecule has 0 spiro atoms. The highest BCUT2D eigenvalue weighted by Gasteiger charge is 2.26. The summed E-state index contributed by atoms with van der Waals surface area (Å²) in [4.78, 5) is 13.0. The molecule has 2 rings (SSSR count). The molecule has 7 heteroatoms. The summed E-state index contributed by atoms with van der Waals surface area (Å²) in [5.74, 6) is -0.566. The SMILES string of the molecule is CC(=O)N1CCCN(S(=O)(=O)Cc2ccc(F)cc2)CC1. The highest BCUT2D eigenvalue weighted by Crippen LogP contribution is 2.14. The van der Waals surface area contributed by atoms with E-state index in [-0.39, 0.29) is 17.5 Å². The summed E-state index contributed by atoms with van der Waals surface area (Å²) in [6.07, 6.45) is 0.627. The van der Waals surface area contributed by atoms with Crippen LogP contribution in [0.25, 0.3) is 0 Å². The fourth-order valence-corrected chi connectivity index (χ4v) is 3.93. The first-order valence-corrected chi connectivity index (χ1v) is 8.47. The molecule has 1 amide bonds. The standard InChI is InChI=1S/C14H19FN2O3S/c1-12(18)16-7-2-8-17(10-9-16)21(19,20)11-13-3-5-14(15)6-4-13/h3-6H,2,7-11H2,1H3. The van der Waals surface area contributed by atoms with Crippen LogP contribution in [0.5, 0.6) is 0 Å². The maximum atomic E-state index is 12.8. The van der Waals surface area contributed by atoms with Gasteiger partial charge in [0.2, 0.25) is 15.9 Å². The largest absolute Gasteiger partial charge is 0.342 e. The minimum Gasteiger partial charge on any atom is -0.342 e. The van der Waals surface area contributed by atoms with Crippen molar-refractivity contribution in [1.29, 1.82) is 0 Å². The third-order valence-electron chi connectivity index (χ3n) is 3.56. The van der Waals surface area contributed by atoms with Crippen molar-refractivity contribution in [3.8, 4) is 0 Å². The molecule has 1 saturated heterocycles. The molecule has 1 heterocycles. The predicted molar refractivity (Wildman–Crippen MR) is 77.5 cm³/mol. The lowest BCUT2D eigenvalue weighted by Crippen LogP contribution is -2.37.